The molecule has 1 heterocycles. The van der Waals surface area contributed by atoms with Gasteiger partial charge in [-0.1, -0.05) is 31.9 Å². The van der Waals surface area contributed by atoms with Gasteiger partial charge in [-0.15, -0.1) is 6.42 Å². The van der Waals surface area contributed by atoms with Crippen LogP contribution in [0.5, 0.6) is 0 Å². The molecule has 0 aliphatic rings. The standard InChI is InChI=1S/C36H38F2N4O4/c1-4-11-42(12-5-2)36(45)29-19-27(18-28(20-29)35-40-10-13-46-35)34(44)41-32(17-26-15-30(37)21-31(38)16-26)33(43)23-39-22-25-9-7-8-24(6-3)14-25/h3,7-10,13-16,18-21,32-33,39,43H,4-5,11-12,17,22-23H2,1-2H3,(H,41,44)/t32-,33+/m0/s1. The smallest absolute Gasteiger partial charge is 0.253 e. The number of nitrogens with one attached hydrogen (secondary N) is 2. The maximum atomic E-state index is 14.1. The minimum Gasteiger partial charge on any atom is -0.445 e. The lowest BCUT2D eigenvalue weighted by Crippen LogP contribution is -2.48. The molecule has 2 amide bonds. The van der Waals surface area contributed by atoms with E-state index in [2.05, 4.69) is 21.5 Å². The van der Waals surface area contributed by atoms with E-state index in [1.165, 1.54) is 18.5 Å². The first-order valence-electron chi connectivity index (χ1n) is 15.2. The van der Waals surface area contributed by atoms with Crippen LogP contribution >= 0.6 is 0 Å². The van der Waals surface area contributed by atoms with E-state index in [1.807, 2.05) is 38.1 Å². The third-order valence-electron chi connectivity index (χ3n) is 7.33. The molecule has 0 saturated heterocycles. The summed E-state index contributed by atoms with van der Waals surface area (Å²) in [4.78, 5) is 33.2. The van der Waals surface area contributed by atoms with E-state index < -0.39 is 29.7 Å². The van der Waals surface area contributed by atoms with E-state index in [-0.39, 0.29) is 41.5 Å². The van der Waals surface area contributed by atoms with Crippen molar-refractivity contribution in [3.63, 3.8) is 0 Å². The molecule has 0 spiro atoms. The second-order valence-electron chi connectivity index (χ2n) is 11.0. The molecule has 0 fully saturated rings. The molecule has 0 aliphatic carbocycles. The van der Waals surface area contributed by atoms with E-state index in [9.17, 15) is 23.5 Å². The Balaban J connectivity index is 1.61. The van der Waals surface area contributed by atoms with Crippen molar-refractivity contribution in [2.24, 2.45) is 0 Å². The van der Waals surface area contributed by atoms with Crippen LogP contribution in [0, 0.1) is 24.0 Å². The van der Waals surface area contributed by atoms with Crippen molar-refractivity contribution in [1.82, 2.24) is 20.5 Å². The minimum absolute atomic E-state index is 0.0477. The molecule has 2 atom stereocenters. The van der Waals surface area contributed by atoms with Crippen molar-refractivity contribution in [2.75, 3.05) is 19.6 Å². The molecule has 10 heteroatoms. The Labute approximate surface area is 267 Å². The van der Waals surface area contributed by atoms with Crippen molar-refractivity contribution < 1.29 is 27.9 Å². The number of nitrogens with zero attached hydrogens (tertiary/aromatic N) is 2. The SMILES string of the molecule is C#Cc1cccc(CNC[C@@H](O)[C@H](Cc2cc(F)cc(F)c2)NC(=O)c2cc(C(=O)N(CCC)CCC)cc(-c3ncco3)c2)c1. The van der Waals surface area contributed by atoms with Crippen molar-refractivity contribution >= 4 is 11.8 Å². The molecule has 0 bridgehead atoms. The van der Waals surface area contributed by atoms with Gasteiger partial charge >= 0.3 is 0 Å². The summed E-state index contributed by atoms with van der Waals surface area (Å²) in [6.07, 6.45) is 8.65. The van der Waals surface area contributed by atoms with Gasteiger partial charge in [-0.2, -0.15) is 0 Å². The number of amides is 2. The third kappa shape index (κ3) is 9.33. The first-order valence-corrected chi connectivity index (χ1v) is 15.2. The van der Waals surface area contributed by atoms with Crippen molar-refractivity contribution in [1.29, 1.82) is 0 Å². The van der Waals surface area contributed by atoms with Gasteiger partial charge in [0.1, 0.15) is 17.9 Å². The third-order valence-corrected chi connectivity index (χ3v) is 7.33. The number of hydrogen-bond acceptors (Lipinski definition) is 6. The molecule has 0 radical (unpaired) electrons. The molecule has 1 aromatic heterocycles. The van der Waals surface area contributed by atoms with Gasteiger partial charge < -0.3 is 25.1 Å². The fourth-order valence-corrected chi connectivity index (χ4v) is 5.20. The highest BCUT2D eigenvalue weighted by molar-refractivity contribution is 6.01. The summed E-state index contributed by atoms with van der Waals surface area (Å²) in [5.74, 6) is 0.431. The molecular weight excluding hydrogens is 590 g/mol. The number of terminal acetylenes is 1. The predicted molar refractivity (Wildman–Crippen MR) is 172 cm³/mol. The summed E-state index contributed by atoms with van der Waals surface area (Å²) in [7, 11) is 0. The number of aliphatic hydroxyl groups is 1. The summed E-state index contributed by atoms with van der Waals surface area (Å²) in [6, 6.07) is 14.1. The zero-order valence-corrected chi connectivity index (χ0v) is 25.9. The molecule has 4 aromatic rings. The van der Waals surface area contributed by atoms with Gasteiger partial charge in [-0.3, -0.25) is 9.59 Å². The fourth-order valence-electron chi connectivity index (χ4n) is 5.20. The van der Waals surface area contributed by atoms with Crippen LogP contribution in [-0.4, -0.2) is 58.6 Å². The van der Waals surface area contributed by atoms with Gasteiger partial charge in [0, 0.05) is 54.5 Å². The van der Waals surface area contributed by atoms with E-state index in [1.54, 1.807) is 17.0 Å². The van der Waals surface area contributed by atoms with Crippen molar-refractivity contribution in [2.45, 2.75) is 51.8 Å². The number of aromatic nitrogens is 1. The highest BCUT2D eigenvalue weighted by atomic mass is 19.1. The molecule has 3 N–H and O–H groups in total. The van der Waals surface area contributed by atoms with Crippen LogP contribution < -0.4 is 10.6 Å². The Morgan fingerprint density at radius 3 is 2.37 bits per heavy atom. The molecule has 240 valence electrons. The second-order valence-corrected chi connectivity index (χ2v) is 11.0. The Morgan fingerprint density at radius 1 is 1.00 bits per heavy atom. The van der Waals surface area contributed by atoms with Gasteiger partial charge in [0.15, 0.2) is 0 Å². The van der Waals surface area contributed by atoms with Crippen LogP contribution in [0.3, 0.4) is 0 Å². The number of oxazole rings is 1. The quantitative estimate of drug-likeness (QED) is 0.153. The Kier molecular flexibility index (Phi) is 12.2. The minimum atomic E-state index is -1.16. The average molecular weight is 629 g/mol. The monoisotopic (exact) mass is 628 g/mol. The number of halogens is 2. The van der Waals surface area contributed by atoms with Crippen LogP contribution in [0.2, 0.25) is 0 Å². The maximum absolute atomic E-state index is 14.1. The van der Waals surface area contributed by atoms with E-state index in [0.717, 1.165) is 42.2 Å². The zero-order valence-electron chi connectivity index (χ0n) is 25.9. The van der Waals surface area contributed by atoms with Gasteiger partial charge in [-0.25, -0.2) is 13.8 Å². The molecule has 8 nitrogen and oxygen atoms in total. The molecule has 0 aliphatic heterocycles. The fraction of sp³-hybridized carbons (Fsp3) is 0.306. The summed E-state index contributed by atoms with van der Waals surface area (Å²) in [6.45, 7) is 5.50. The van der Waals surface area contributed by atoms with Gasteiger partial charge in [0.2, 0.25) is 5.89 Å². The van der Waals surface area contributed by atoms with Crippen LogP contribution in [0.25, 0.3) is 11.5 Å². The Hall–Kier alpha value is -4.85. The summed E-state index contributed by atoms with van der Waals surface area (Å²) >= 11 is 0. The molecule has 46 heavy (non-hydrogen) atoms. The van der Waals surface area contributed by atoms with Gasteiger partial charge in [0.25, 0.3) is 11.8 Å². The highest BCUT2D eigenvalue weighted by Crippen LogP contribution is 2.23. The number of benzene rings is 3. The van der Waals surface area contributed by atoms with Gasteiger partial charge in [0.05, 0.1) is 18.3 Å². The summed E-state index contributed by atoms with van der Waals surface area (Å²) in [5.41, 5.74) is 2.71. The summed E-state index contributed by atoms with van der Waals surface area (Å²) < 4.78 is 33.6. The molecular formula is C36H38F2N4O4. The first-order chi connectivity index (χ1) is 22.2. The number of rotatable bonds is 15. The van der Waals surface area contributed by atoms with Crippen molar-refractivity contribution in [3.8, 4) is 23.8 Å². The second kappa shape index (κ2) is 16.5. The number of carbonyl (C=O) groups excluding carboxylic acids is 2. The highest BCUT2D eigenvalue weighted by Gasteiger charge is 2.25. The zero-order chi connectivity index (χ0) is 33.1. The van der Waals surface area contributed by atoms with Crippen LogP contribution in [0.1, 0.15) is 64.1 Å². The van der Waals surface area contributed by atoms with E-state index in [0.29, 0.717) is 25.2 Å². The lowest BCUT2D eigenvalue weighted by Gasteiger charge is -2.25. The molecule has 0 saturated carbocycles. The topological polar surface area (TPSA) is 108 Å². The average Bonchev–Trinajstić information content (AvgIpc) is 3.59. The van der Waals surface area contributed by atoms with E-state index in [4.69, 9.17) is 10.8 Å². The number of hydrogen-bond donors (Lipinski definition) is 3. The first kappa shape index (κ1) is 34.0. The molecule has 4 rings (SSSR count). The molecule has 0 unspecified atom stereocenters. The van der Waals surface area contributed by atoms with E-state index >= 15 is 0 Å². The van der Waals surface area contributed by atoms with Crippen LogP contribution in [-0.2, 0) is 13.0 Å². The number of aliphatic hydroxyl groups excluding tert-OH is 1. The lowest BCUT2D eigenvalue weighted by molar-refractivity contribution is 0.0755. The maximum Gasteiger partial charge on any atom is 0.253 e. The molecule has 3 aromatic carbocycles. The van der Waals surface area contributed by atoms with Crippen LogP contribution in [0.4, 0.5) is 8.78 Å². The summed E-state index contributed by atoms with van der Waals surface area (Å²) in [5, 5.41) is 17.2. The normalized spacial score (nSPS) is 12.3. The predicted octanol–water partition coefficient (Wildman–Crippen LogP) is 5.36. The number of carbonyl (C=O) groups is 2. The lowest BCUT2D eigenvalue weighted by atomic mass is 9.99. The Morgan fingerprint density at radius 2 is 1.72 bits per heavy atom. The van der Waals surface area contributed by atoms with Crippen LogP contribution in [0.15, 0.2) is 77.5 Å². The Bertz CT molecular complexity index is 1640. The van der Waals surface area contributed by atoms with Gasteiger partial charge in [-0.05, 0) is 72.9 Å². The largest absolute Gasteiger partial charge is 0.445 e. The van der Waals surface area contributed by atoms with Crippen molar-refractivity contribution in [3.05, 3.63) is 113 Å².